The zero-order valence-electron chi connectivity index (χ0n) is 10.3. The van der Waals surface area contributed by atoms with Crippen molar-refractivity contribution < 1.29 is 4.39 Å². The number of nitrogens with one attached hydrogen (secondary N) is 1. The molecule has 0 bridgehead atoms. The van der Waals surface area contributed by atoms with Gasteiger partial charge in [-0.3, -0.25) is 4.98 Å². The highest BCUT2D eigenvalue weighted by atomic mass is 19.1. The lowest BCUT2D eigenvalue weighted by Crippen LogP contribution is -2.12. The number of aryl methyl sites for hydroxylation is 1. The summed E-state index contributed by atoms with van der Waals surface area (Å²) in [5.41, 5.74) is 4.60. The molecule has 3 rings (SSSR count). The van der Waals surface area contributed by atoms with Gasteiger partial charge in [0.2, 0.25) is 0 Å². The van der Waals surface area contributed by atoms with Crippen molar-refractivity contribution in [3.63, 3.8) is 0 Å². The Labute approximate surface area is 106 Å². The summed E-state index contributed by atoms with van der Waals surface area (Å²) in [6.07, 6.45) is 5.15. The minimum absolute atomic E-state index is 0.291. The number of rotatable bonds is 2. The highest BCUT2D eigenvalue weighted by molar-refractivity contribution is 5.64. The number of aromatic nitrogens is 1. The van der Waals surface area contributed by atoms with Crippen LogP contribution in [0.25, 0.3) is 11.1 Å². The molecular weight excluding hydrogens is 227 g/mol. The second kappa shape index (κ2) is 4.50. The Morgan fingerprint density at radius 3 is 2.89 bits per heavy atom. The Bertz CT molecular complexity index is 580. The Morgan fingerprint density at radius 1 is 1.22 bits per heavy atom. The number of fused-ring (bicyclic) bond motifs is 1. The minimum atomic E-state index is -0.291. The van der Waals surface area contributed by atoms with Gasteiger partial charge in [0.05, 0.1) is 6.20 Å². The Balaban J connectivity index is 2.01. The monoisotopic (exact) mass is 242 g/mol. The lowest BCUT2D eigenvalue weighted by Gasteiger charge is -2.10. The van der Waals surface area contributed by atoms with E-state index >= 15 is 0 Å². The maximum absolute atomic E-state index is 13.2. The average Bonchev–Trinajstić information content (AvgIpc) is 2.80. The third-order valence-corrected chi connectivity index (χ3v) is 3.61. The zero-order valence-corrected chi connectivity index (χ0v) is 10.3. The summed E-state index contributed by atoms with van der Waals surface area (Å²) < 4.78 is 13.2. The fourth-order valence-corrected chi connectivity index (χ4v) is 2.67. The molecule has 1 unspecified atom stereocenters. The summed E-state index contributed by atoms with van der Waals surface area (Å²) in [6, 6.07) is 8.33. The third-order valence-electron chi connectivity index (χ3n) is 3.61. The molecule has 0 spiro atoms. The minimum Gasteiger partial charge on any atom is -0.313 e. The van der Waals surface area contributed by atoms with Crippen molar-refractivity contribution in [2.75, 3.05) is 7.05 Å². The van der Waals surface area contributed by atoms with Gasteiger partial charge in [-0.25, -0.2) is 4.39 Å². The van der Waals surface area contributed by atoms with Crippen molar-refractivity contribution in [2.24, 2.45) is 0 Å². The smallest absolute Gasteiger partial charge is 0.142 e. The zero-order chi connectivity index (χ0) is 12.5. The molecule has 92 valence electrons. The highest BCUT2D eigenvalue weighted by Gasteiger charge is 2.20. The molecular formula is C15H15FN2. The molecule has 1 atom stereocenters. The molecule has 1 heterocycles. The van der Waals surface area contributed by atoms with Crippen LogP contribution in [-0.2, 0) is 6.42 Å². The van der Waals surface area contributed by atoms with E-state index in [1.807, 2.05) is 13.1 Å². The molecule has 0 saturated heterocycles. The maximum atomic E-state index is 13.2. The van der Waals surface area contributed by atoms with E-state index in [4.69, 9.17) is 0 Å². The standard InChI is InChI=1S/C15H15FN2/c1-17-15-5-3-11-6-10(2-4-14(11)15)12-7-13(16)9-18-8-12/h2,4,6-9,15,17H,3,5H2,1H3. The van der Waals surface area contributed by atoms with Gasteiger partial charge in [0, 0.05) is 17.8 Å². The average molecular weight is 242 g/mol. The van der Waals surface area contributed by atoms with E-state index in [2.05, 4.69) is 22.4 Å². The van der Waals surface area contributed by atoms with Crippen LogP contribution in [0.15, 0.2) is 36.7 Å². The van der Waals surface area contributed by atoms with Crippen molar-refractivity contribution in [2.45, 2.75) is 18.9 Å². The molecule has 1 N–H and O–H groups in total. The quantitative estimate of drug-likeness (QED) is 0.875. The van der Waals surface area contributed by atoms with Crippen LogP contribution in [0.3, 0.4) is 0 Å². The van der Waals surface area contributed by atoms with Gasteiger partial charge in [0.25, 0.3) is 0 Å². The lowest BCUT2D eigenvalue weighted by atomic mass is 10.0. The van der Waals surface area contributed by atoms with Crippen LogP contribution < -0.4 is 5.32 Å². The molecule has 1 aliphatic rings. The second-order valence-electron chi connectivity index (χ2n) is 4.69. The summed E-state index contributed by atoms with van der Waals surface area (Å²) >= 11 is 0. The molecule has 1 aliphatic carbocycles. The summed E-state index contributed by atoms with van der Waals surface area (Å²) in [5.74, 6) is -0.291. The lowest BCUT2D eigenvalue weighted by molar-refractivity contribution is 0.590. The van der Waals surface area contributed by atoms with Crippen molar-refractivity contribution in [3.8, 4) is 11.1 Å². The van der Waals surface area contributed by atoms with Crippen LogP contribution in [0.4, 0.5) is 4.39 Å². The fraction of sp³-hybridized carbons (Fsp3) is 0.267. The summed E-state index contributed by atoms with van der Waals surface area (Å²) in [5, 5.41) is 3.32. The molecule has 0 fully saturated rings. The number of pyridine rings is 1. The van der Waals surface area contributed by atoms with Crippen LogP contribution in [0, 0.1) is 5.82 Å². The first-order valence-electron chi connectivity index (χ1n) is 6.19. The Morgan fingerprint density at radius 2 is 2.11 bits per heavy atom. The number of hydrogen-bond acceptors (Lipinski definition) is 2. The first-order valence-corrected chi connectivity index (χ1v) is 6.19. The summed E-state index contributed by atoms with van der Waals surface area (Å²) in [6.45, 7) is 0. The predicted molar refractivity (Wildman–Crippen MR) is 69.8 cm³/mol. The van der Waals surface area contributed by atoms with E-state index in [0.717, 1.165) is 24.0 Å². The van der Waals surface area contributed by atoms with Crippen LogP contribution in [0.5, 0.6) is 0 Å². The molecule has 3 heteroatoms. The third kappa shape index (κ3) is 1.91. The fourth-order valence-electron chi connectivity index (χ4n) is 2.67. The first kappa shape index (κ1) is 11.4. The summed E-state index contributed by atoms with van der Waals surface area (Å²) in [4.78, 5) is 3.90. The first-order chi connectivity index (χ1) is 8.78. The molecule has 2 nitrogen and oxygen atoms in total. The molecule has 18 heavy (non-hydrogen) atoms. The van der Waals surface area contributed by atoms with E-state index in [1.54, 1.807) is 6.20 Å². The van der Waals surface area contributed by atoms with E-state index in [0.29, 0.717) is 6.04 Å². The molecule has 0 saturated carbocycles. The van der Waals surface area contributed by atoms with Crippen molar-refractivity contribution in [3.05, 3.63) is 53.6 Å². The van der Waals surface area contributed by atoms with Gasteiger partial charge in [-0.15, -0.1) is 0 Å². The molecule has 0 radical (unpaired) electrons. The number of benzene rings is 1. The van der Waals surface area contributed by atoms with Gasteiger partial charge < -0.3 is 5.32 Å². The highest BCUT2D eigenvalue weighted by Crippen LogP contribution is 2.33. The van der Waals surface area contributed by atoms with Gasteiger partial charge in [0.1, 0.15) is 5.82 Å². The molecule has 2 aromatic rings. The molecule has 1 aromatic heterocycles. The summed E-state index contributed by atoms with van der Waals surface area (Å²) in [7, 11) is 1.99. The maximum Gasteiger partial charge on any atom is 0.142 e. The van der Waals surface area contributed by atoms with Gasteiger partial charge in [-0.2, -0.15) is 0 Å². The van der Waals surface area contributed by atoms with E-state index in [9.17, 15) is 4.39 Å². The number of hydrogen-bond donors (Lipinski definition) is 1. The predicted octanol–water partition coefficient (Wildman–Crippen LogP) is 3.09. The second-order valence-corrected chi connectivity index (χ2v) is 4.69. The van der Waals surface area contributed by atoms with E-state index in [-0.39, 0.29) is 5.82 Å². The van der Waals surface area contributed by atoms with E-state index < -0.39 is 0 Å². The van der Waals surface area contributed by atoms with Crippen molar-refractivity contribution in [1.29, 1.82) is 0 Å². The Hall–Kier alpha value is -1.74. The Kier molecular flexibility index (Phi) is 2.84. The van der Waals surface area contributed by atoms with Crippen LogP contribution >= 0.6 is 0 Å². The van der Waals surface area contributed by atoms with Crippen LogP contribution in [0.2, 0.25) is 0 Å². The van der Waals surface area contributed by atoms with Gasteiger partial charge in [0.15, 0.2) is 0 Å². The molecule has 1 aromatic carbocycles. The molecule has 0 amide bonds. The topological polar surface area (TPSA) is 24.9 Å². The van der Waals surface area contributed by atoms with Crippen LogP contribution in [-0.4, -0.2) is 12.0 Å². The van der Waals surface area contributed by atoms with Gasteiger partial charge >= 0.3 is 0 Å². The number of halogens is 1. The largest absolute Gasteiger partial charge is 0.313 e. The van der Waals surface area contributed by atoms with Crippen LogP contribution in [0.1, 0.15) is 23.6 Å². The van der Waals surface area contributed by atoms with Gasteiger partial charge in [-0.05, 0) is 42.6 Å². The number of nitrogens with zero attached hydrogens (tertiary/aromatic N) is 1. The normalized spacial score (nSPS) is 17.8. The SMILES string of the molecule is CNC1CCc2cc(-c3cncc(F)c3)ccc21. The van der Waals surface area contributed by atoms with Gasteiger partial charge in [-0.1, -0.05) is 18.2 Å². The van der Waals surface area contributed by atoms with Crippen molar-refractivity contribution >= 4 is 0 Å². The molecule has 0 aliphatic heterocycles. The van der Waals surface area contributed by atoms with E-state index in [1.165, 1.54) is 23.4 Å². The van der Waals surface area contributed by atoms with Crippen molar-refractivity contribution in [1.82, 2.24) is 10.3 Å².